The van der Waals surface area contributed by atoms with E-state index >= 15 is 0 Å². The van der Waals surface area contributed by atoms with Gasteiger partial charge >= 0.3 is 11.9 Å². The lowest BCUT2D eigenvalue weighted by atomic mass is 10.1. The third-order valence-electron chi connectivity index (χ3n) is 2.21. The van der Waals surface area contributed by atoms with Gasteiger partial charge in [-0.05, 0) is 13.0 Å². The van der Waals surface area contributed by atoms with Gasteiger partial charge in [0, 0.05) is 12.8 Å². The van der Waals surface area contributed by atoms with Crippen molar-refractivity contribution in [3.63, 3.8) is 0 Å². The fourth-order valence-corrected chi connectivity index (χ4v) is 1.41. The molecule has 0 aliphatic carbocycles. The van der Waals surface area contributed by atoms with Gasteiger partial charge in [-0.3, -0.25) is 14.4 Å². The van der Waals surface area contributed by atoms with E-state index in [1.54, 1.807) is 6.92 Å². The number of halogens is 1. The van der Waals surface area contributed by atoms with Crippen LogP contribution >= 0.6 is 0 Å². The van der Waals surface area contributed by atoms with E-state index in [2.05, 4.69) is 4.74 Å². The maximum atomic E-state index is 11.8. The molecule has 0 bridgehead atoms. The molecule has 118 valence electrons. The summed E-state index contributed by atoms with van der Waals surface area (Å²) in [6.07, 6.45) is 0.882. The lowest BCUT2D eigenvalue weighted by molar-refractivity contribution is -0.317. The van der Waals surface area contributed by atoms with Crippen LogP contribution in [0.3, 0.4) is 0 Å². The molecule has 0 fully saturated rings. The topological polar surface area (TPSA) is 118 Å². The number of alkyl halides is 1. The van der Waals surface area contributed by atoms with Crippen LogP contribution in [-0.2, 0) is 23.9 Å². The van der Waals surface area contributed by atoms with E-state index in [9.17, 15) is 23.6 Å². The molecule has 0 radical (unpaired) electrons. The minimum atomic E-state index is -3.15. The number of rotatable bonds is 10. The fraction of sp³-hybridized carbons (Fsp3) is 0.538. The first-order valence-electron chi connectivity index (χ1n) is 6.11. The van der Waals surface area contributed by atoms with E-state index in [1.807, 2.05) is 0 Å². The first-order valence-corrected chi connectivity index (χ1v) is 6.11. The van der Waals surface area contributed by atoms with Crippen molar-refractivity contribution in [2.45, 2.75) is 38.6 Å². The van der Waals surface area contributed by atoms with Gasteiger partial charge in [0.15, 0.2) is 12.5 Å². The molecule has 21 heavy (non-hydrogen) atoms. The second-order valence-electron chi connectivity index (χ2n) is 4.25. The zero-order chi connectivity index (χ0) is 16.5. The zero-order valence-corrected chi connectivity index (χ0v) is 11.5. The summed E-state index contributed by atoms with van der Waals surface area (Å²) in [6.45, 7) is 0.0626. The number of esters is 1. The van der Waals surface area contributed by atoms with Gasteiger partial charge in [-0.15, -0.1) is 0 Å². The van der Waals surface area contributed by atoms with Crippen LogP contribution in [0.1, 0.15) is 32.6 Å². The minimum absolute atomic E-state index is 0.0588. The van der Waals surface area contributed by atoms with Crippen LogP contribution in [0.4, 0.5) is 4.39 Å². The van der Waals surface area contributed by atoms with Crippen LogP contribution < -0.4 is 0 Å². The molecule has 7 nitrogen and oxygen atoms in total. The Hall–Kier alpha value is -1.93. The number of allylic oxidation sites excluding steroid dienone is 2. The zero-order valence-electron chi connectivity index (χ0n) is 11.5. The Bertz CT molecular complexity index is 440. The molecule has 0 saturated carbocycles. The van der Waals surface area contributed by atoms with Crippen molar-refractivity contribution in [2.24, 2.45) is 0 Å². The highest BCUT2D eigenvalue weighted by atomic mass is 19.1. The van der Waals surface area contributed by atoms with Crippen LogP contribution in [-0.4, -0.2) is 46.2 Å². The van der Waals surface area contributed by atoms with E-state index in [0.717, 1.165) is 0 Å². The second-order valence-corrected chi connectivity index (χ2v) is 4.25. The number of carbonyl (C=O) groups excluding carboxylic acids is 4. The van der Waals surface area contributed by atoms with Crippen LogP contribution in [0.15, 0.2) is 12.2 Å². The van der Waals surface area contributed by atoms with E-state index in [1.165, 1.54) is 12.2 Å². The third-order valence-corrected chi connectivity index (χ3v) is 2.21. The highest BCUT2D eigenvalue weighted by Gasteiger charge is 2.32. The summed E-state index contributed by atoms with van der Waals surface area (Å²) in [5.41, 5.74) is 0. The van der Waals surface area contributed by atoms with E-state index < -0.39 is 43.0 Å². The molecule has 2 N–H and O–H groups in total. The van der Waals surface area contributed by atoms with Crippen LogP contribution in [0.5, 0.6) is 0 Å². The molecule has 8 heteroatoms. The molecule has 0 atom stereocenters. The average molecular weight is 304 g/mol. The number of ether oxygens (including phenoxy) is 1. The predicted molar refractivity (Wildman–Crippen MR) is 67.5 cm³/mol. The largest absolute Gasteiger partial charge is 0.406 e. The van der Waals surface area contributed by atoms with Gasteiger partial charge in [0.2, 0.25) is 0 Å². The van der Waals surface area contributed by atoms with Crippen molar-refractivity contribution in [3.05, 3.63) is 12.2 Å². The van der Waals surface area contributed by atoms with Crippen molar-refractivity contribution < 1.29 is 38.5 Å². The Morgan fingerprint density at radius 3 is 2.29 bits per heavy atom. The first kappa shape index (κ1) is 19.1. The van der Waals surface area contributed by atoms with Gasteiger partial charge in [-0.2, -0.15) is 0 Å². The smallest absolute Gasteiger partial charge is 0.341 e. The minimum Gasteiger partial charge on any atom is -0.406 e. The van der Waals surface area contributed by atoms with Crippen molar-refractivity contribution >= 4 is 23.3 Å². The van der Waals surface area contributed by atoms with Crippen molar-refractivity contribution in [3.8, 4) is 0 Å². The number of aliphatic hydroxyl groups is 2. The Balaban J connectivity index is 4.21. The van der Waals surface area contributed by atoms with Crippen molar-refractivity contribution in [1.29, 1.82) is 0 Å². The Labute approximate surface area is 120 Å². The number of hydrogen-bond donors (Lipinski definition) is 2. The lowest BCUT2D eigenvalue weighted by Gasteiger charge is -2.19. The van der Waals surface area contributed by atoms with Crippen LogP contribution in [0.25, 0.3) is 0 Å². The summed E-state index contributed by atoms with van der Waals surface area (Å²) in [6, 6.07) is 0. The molecule has 0 unspecified atom stereocenters. The number of carbonyl (C=O) groups is 4. The summed E-state index contributed by atoms with van der Waals surface area (Å²) >= 11 is 0. The van der Waals surface area contributed by atoms with E-state index in [4.69, 9.17) is 10.2 Å². The molecule has 0 aromatic rings. The number of hydrogen-bond acceptors (Lipinski definition) is 7. The maximum Gasteiger partial charge on any atom is 0.341 e. The summed E-state index contributed by atoms with van der Waals surface area (Å²) in [4.78, 5) is 44.4. The average Bonchev–Trinajstić information content (AvgIpc) is 2.35. The summed E-state index contributed by atoms with van der Waals surface area (Å²) in [5, 5.41) is 18.3. The van der Waals surface area contributed by atoms with Crippen molar-refractivity contribution in [2.75, 3.05) is 6.67 Å². The normalized spacial score (nSPS) is 11.4. The molecule has 0 spiro atoms. The summed E-state index contributed by atoms with van der Waals surface area (Å²) in [5.74, 6) is -6.44. The standard InChI is InChI=1S/C13H17FO7/c1-2-3-9(15)4-5-10(16)6-11(17)7-13(19,20)21-12(18)8-14/h2-3,19-20H,4-8H2,1H3. The monoisotopic (exact) mass is 304 g/mol. The molecule has 0 aliphatic heterocycles. The molecular weight excluding hydrogens is 287 g/mol. The van der Waals surface area contributed by atoms with E-state index in [0.29, 0.717) is 0 Å². The molecule has 0 aliphatic rings. The van der Waals surface area contributed by atoms with Crippen LogP contribution in [0, 0.1) is 0 Å². The molecule has 0 rings (SSSR count). The molecule has 0 heterocycles. The van der Waals surface area contributed by atoms with Gasteiger partial charge in [-0.1, -0.05) is 6.08 Å². The molecule has 0 aromatic heterocycles. The van der Waals surface area contributed by atoms with Gasteiger partial charge < -0.3 is 14.9 Å². The summed E-state index contributed by atoms with van der Waals surface area (Å²) in [7, 11) is 0. The highest BCUT2D eigenvalue weighted by molar-refractivity contribution is 6.01. The quantitative estimate of drug-likeness (QED) is 0.252. The van der Waals surface area contributed by atoms with Gasteiger partial charge in [0.1, 0.15) is 18.0 Å². The van der Waals surface area contributed by atoms with Crippen molar-refractivity contribution in [1.82, 2.24) is 0 Å². The molecule has 0 amide bonds. The third kappa shape index (κ3) is 9.58. The first-order chi connectivity index (χ1) is 9.70. The fourth-order valence-electron chi connectivity index (χ4n) is 1.41. The van der Waals surface area contributed by atoms with Crippen LogP contribution in [0.2, 0.25) is 0 Å². The van der Waals surface area contributed by atoms with Gasteiger partial charge in [0.25, 0.3) is 0 Å². The summed E-state index contributed by atoms with van der Waals surface area (Å²) < 4.78 is 15.7. The molecule has 0 aromatic carbocycles. The Kier molecular flexibility index (Phi) is 8.25. The maximum absolute atomic E-state index is 11.8. The SMILES string of the molecule is CC=CC(=O)CCC(=O)CC(=O)CC(O)(O)OC(=O)CF. The van der Waals surface area contributed by atoms with E-state index in [-0.39, 0.29) is 18.6 Å². The Morgan fingerprint density at radius 2 is 1.76 bits per heavy atom. The number of Topliss-reactive ketones (excluding diaryl/α,β-unsaturated/α-hetero) is 2. The van der Waals surface area contributed by atoms with Gasteiger partial charge in [0.05, 0.1) is 6.42 Å². The number of ketones is 3. The molecular formula is C13H17FO7. The Morgan fingerprint density at radius 1 is 1.14 bits per heavy atom. The van der Waals surface area contributed by atoms with Gasteiger partial charge in [-0.25, -0.2) is 9.18 Å². The molecule has 0 saturated heterocycles. The highest BCUT2D eigenvalue weighted by Crippen LogP contribution is 2.12. The predicted octanol–water partition coefficient (Wildman–Crippen LogP) is -0.0187. The lowest BCUT2D eigenvalue weighted by Crippen LogP contribution is -2.37. The second kappa shape index (κ2) is 9.09.